The molecule has 2 aromatic rings. The van der Waals surface area contributed by atoms with Gasteiger partial charge < -0.3 is 10.6 Å². The molecule has 0 aromatic heterocycles. The lowest BCUT2D eigenvalue weighted by molar-refractivity contribution is 0.578. The predicted molar refractivity (Wildman–Crippen MR) is 114 cm³/mol. The molecular formula is C20H23ClN4S. The highest BCUT2D eigenvalue weighted by atomic mass is 35.5. The van der Waals surface area contributed by atoms with Gasteiger partial charge in [-0.3, -0.25) is 0 Å². The van der Waals surface area contributed by atoms with Crippen LogP contribution in [-0.2, 0) is 5.75 Å². The van der Waals surface area contributed by atoms with Gasteiger partial charge in [-0.2, -0.15) is 5.10 Å². The Labute approximate surface area is 164 Å². The molecule has 4 nitrogen and oxygen atoms in total. The number of hydrogen-bond donors (Lipinski definition) is 1. The fourth-order valence-corrected chi connectivity index (χ4v) is 3.71. The van der Waals surface area contributed by atoms with Crippen LogP contribution < -0.4 is 10.6 Å². The van der Waals surface area contributed by atoms with E-state index in [9.17, 15) is 0 Å². The van der Waals surface area contributed by atoms with Crippen LogP contribution in [-0.4, -0.2) is 24.5 Å². The molecule has 1 aliphatic rings. The maximum Gasteiger partial charge on any atom is 0.180 e. The number of anilines is 1. The molecule has 1 fully saturated rings. The van der Waals surface area contributed by atoms with Crippen molar-refractivity contribution < 1.29 is 0 Å². The SMILES string of the molecule is NC(=NN=Cc1ccc(N2CCCCC2)cc1Cl)SCc1ccccc1. The van der Waals surface area contributed by atoms with Crippen LogP contribution in [0.1, 0.15) is 30.4 Å². The zero-order valence-electron chi connectivity index (χ0n) is 14.6. The molecule has 1 heterocycles. The van der Waals surface area contributed by atoms with Crippen molar-refractivity contribution in [1.29, 1.82) is 0 Å². The standard InChI is InChI=1S/C20H23ClN4S/c21-19-13-18(25-11-5-2-6-12-25)10-9-17(19)14-23-24-20(22)26-15-16-7-3-1-4-8-16/h1,3-4,7-10,13-14H,2,5-6,11-12,15H2,(H2,22,24). The second-order valence-corrected chi connectivity index (χ2v) is 7.61. The van der Waals surface area contributed by atoms with E-state index in [1.165, 1.54) is 42.3 Å². The molecule has 0 bridgehead atoms. The Morgan fingerprint density at radius 2 is 1.88 bits per heavy atom. The third kappa shape index (κ3) is 5.51. The largest absolute Gasteiger partial charge is 0.377 e. The molecule has 3 rings (SSSR count). The molecule has 136 valence electrons. The minimum Gasteiger partial charge on any atom is -0.377 e. The number of nitrogens with zero attached hydrogens (tertiary/aromatic N) is 3. The van der Waals surface area contributed by atoms with E-state index in [-0.39, 0.29) is 0 Å². The minimum absolute atomic E-state index is 0.436. The Morgan fingerprint density at radius 3 is 2.62 bits per heavy atom. The summed E-state index contributed by atoms with van der Waals surface area (Å²) in [6, 6.07) is 16.2. The van der Waals surface area contributed by atoms with E-state index >= 15 is 0 Å². The molecule has 0 aliphatic carbocycles. The average Bonchev–Trinajstić information content (AvgIpc) is 2.69. The van der Waals surface area contributed by atoms with Crippen LogP contribution in [0.4, 0.5) is 5.69 Å². The molecular weight excluding hydrogens is 364 g/mol. The average molecular weight is 387 g/mol. The number of rotatable bonds is 5. The Hall–Kier alpha value is -1.98. The molecule has 6 heteroatoms. The first-order valence-electron chi connectivity index (χ1n) is 8.80. The quantitative estimate of drug-likeness (QED) is 0.451. The monoisotopic (exact) mass is 386 g/mol. The summed E-state index contributed by atoms with van der Waals surface area (Å²) >= 11 is 7.87. The van der Waals surface area contributed by atoms with E-state index in [4.69, 9.17) is 17.3 Å². The molecule has 0 atom stereocenters. The van der Waals surface area contributed by atoms with Crippen LogP contribution in [0.5, 0.6) is 0 Å². The Kier molecular flexibility index (Phi) is 6.97. The summed E-state index contributed by atoms with van der Waals surface area (Å²) in [6.07, 6.45) is 5.46. The summed E-state index contributed by atoms with van der Waals surface area (Å²) in [5.74, 6) is 0.775. The third-order valence-electron chi connectivity index (χ3n) is 4.29. The van der Waals surface area contributed by atoms with Gasteiger partial charge in [-0.05, 0) is 43.0 Å². The normalized spacial score (nSPS) is 15.6. The van der Waals surface area contributed by atoms with Crippen LogP contribution in [0.25, 0.3) is 0 Å². The fraction of sp³-hybridized carbons (Fsp3) is 0.300. The molecule has 26 heavy (non-hydrogen) atoms. The molecule has 0 amide bonds. The number of benzene rings is 2. The Balaban J connectivity index is 1.57. The summed E-state index contributed by atoms with van der Waals surface area (Å²) < 4.78 is 0. The first kappa shape index (κ1) is 18.8. The van der Waals surface area contributed by atoms with E-state index in [2.05, 4.69) is 33.3 Å². The number of hydrogen-bond acceptors (Lipinski definition) is 4. The first-order valence-corrected chi connectivity index (χ1v) is 10.2. The summed E-state index contributed by atoms with van der Waals surface area (Å²) in [5, 5.41) is 9.24. The van der Waals surface area contributed by atoms with Gasteiger partial charge in [0, 0.05) is 30.1 Å². The van der Waals surface area contributed by atoms with Gasteiger partial charge in [0.1, 0.15) is 0 Å². The zero-order chi connectivity index (χ0) is 18.2. The fourth-order valence-electron chi connectivity index (χ4n) is 2.88. The predicted octanol–water partition coefficient (Wildman–Crippen LogP) is 4.91. The van der Waals surface area contributed by atoms with Crippen molar-refractivity contribution in [3.8, 4) is 0 Å². The van der Waals surface area contributed by atoms with Crippen molar-refractivity contribution in [2.45, 2.75) is 25.0 Å². The lowest BCUT2D eigenvalue weighted by atomic mass is 10.1. The number of nitrogens with two attached hydrogens (primary N) is 1. The topological polar surface area (TPSA) is 54.0 Å². The molecule has 2 aromatic carbocycles. The highest BCUT2D eigenvalue weighted by Crippen LogP contribution is 2.25. The van der Waals surface area contributed by atoms with Gasteiger partial charge in [0.25, 0.3) is 0 Å². The maximum atomic E-state index is 6.40. The third-order valence-corrected chi connectivity index (χ3v) is 5.47. The van der Waals surface area contributed by atoms with Crippen LogP contribution >= 0.6 is 23.4 Å². The maximum absolute atomic E-state index is 6.40. The van der Waals surface area contributed by atoms with Gasteiger partial charge in [0.05, 0.1) is 11.2 Å². The van der Waals surface area contributed by atoms with Crippen LogP contribution in [0.15, 0.2) is 58.7 Å². The van der Waals surface area contributed by atoms with Crippen molar-refractivity contribution in [3.05, 3.63) is 64.7 Å². The van der Waals surface area contributed by atoms with E-state index in [0.717, 1.165) is 24.4 Å². The first-order chi connectivity index (χ1) is 12.7. The second-order valence-electron chi connectivity index (χ2n) is 6.21. The molecule has 1 aliphatic heterocycles. The lowest BCUT2D eigenvalue weighted by Crippen LogP contribution is -2.29. The molecule has 1 saturated heterocycles. The molecule has 0 saturated carbocycles. The number of halogens is 1. The summed E-state index contributed by atoms with van der Waals surface area (Å²) in [4.78, 5) is 2.38. The minimum atomic E-state index is 0.436. The molecule has 0 spiro atoms. The van der Waals surface area contributed by atoms with Gasteiger partial charge in [0.15, 0.2) is 5.17 Å². The van der Waals surface area contributed by atoms with E-state index in [1.54, 1.807) is 6.21 Å². The van der Waals surface area contributed by atoms with E-state index < -0.39 is 0 Å². The number of thioether (sulfide) groups is 1. The summed E-state index contributed by atoms with van der Waals surface area (Å²) in [5.41, 5.74) is 9.13. The van der Waals surface area contributed by atoms with Crippen molar-refractivity contribution in [3.63, 3.8) is 0 Å². The number of amidine groups is 1. The highest BCUT2D eigenvalue weighted by Gasteiger charge is 2.11. The smallest absolute Gasteiger partial charge is 0.180 e. The van der Waals surface area contributed by atoms with Crippen LogP contribution in [0.3, 0.4) is 0 Å². The van der Waals surface area contributed by atoms with E-state index in [1.807, 2.05) is 30.3 Å². The van der Waals surface area contributed by atoms with Gasteiger partial charge in [-0.15, -0.1) is 5.10 Å². The summed E-state index contributed by atoms with van der Waals surface area (Å²) in [7, 11) is 0. The van der Waals surface area contributed by atoms with Gasteiger partial charge in [-0.25, -0.2) is 0 Å². The summed E-state index contributed by atoms with van der Waals surface area (Å²) in [6.45, 7) is 2.20. The van der Waals surface area contributed by atoms with Gasteiger partial charge in [-0.1, -0.05) is 53.7 Å². The van der Waals surface area contributed by atoms with Crippen LogP contribution in [0.2, 0.25) is 5.02 Å². The van der Waals surface area contributed by atoms with Crippen molar-refractivity contribution in [2.24, 2.45) is 15.9 Å². The molecule has 0 radical (unpaired) electrons. The molecule has 0 unspecified atom stereocenters. The lowest BCUT2D eigenvalue weighted by Gasteiger charge is -2.29. The number of piperidine rings is 1. The van der Waals surface area contributed by atoms with Gasteiger partial charge >= 0.3 is 0 Å². The Bertz CT molecular complexity index is 771. The van der Waals surface area contributed by atoms with Crippen molar-refractivity contribution >= 4 is 40.4 Å². The van der Waals surface area contributed by atoms with E-state index in [0.29, 0.717) is 10.2 Å². The van der Waals surface area contributed by atoms with Gasteiger partial charge in [0.2, 0.25) is 0 Å². The van der Waals surface area contributed by atoms with Crippen molar-refractivity contribution in [2.75, 3.05) is 18.0 Å². The Morgan fingerprint density at radius 1 is 1.12 bits per heavy atom. The highest BCUT2D eigenvalue weighted by molar-refractivity contribution is 8.13. The van der Waals surface area contributed by atoms with Crippen LogP contribution in [0, 0.1) is 0 Å². The van der Waals surface area contributed by atoms with Crippen molar-refractivity contribution in [1.82, 2.24) is 0 Å². The molecule has 2 N–H and O–H groups in total. The second kappa shape index (κ2) is 9.64. The zero-order valence-corrected chi connectivity index (χ0v) is 16.2.